The van der Waals surface area contributed by atoms with Crippen LogP contribution in [-0.2, 0) is 9.47 Å². The summed E-state index contributed by atoms with van der Waals surface area (Å²) >= 11 is 0. The zero-order valence-electron chi connectivity index (χ0n) is 12.0. The lowest BCUT2D eigenvalue weighted by atomic mass is 9.26. The van der Waals surface area contributed by atoms with E-state index in [0.29, 0.717) is 0 Å². The molecule has 2 saturated heterocycles. The highest BCUT2D eigenvalue weighted by Crippen LogP contribution is 2.47. The molecule has 0 aromatic rings. The van der Waals surface area contributed by atoms with Crippen molar-refractivity contribution in [1.29, 1.82) is 0 Å². The number of ether oxygens (including phenoxy) is 2. The molecule has 0 spiro atoms. The minimum Gasteiger partial charge on any atom is -0.379 e. The van der Waals surface area contributed by atoms with E-state index in [1.165, 1.54) is 51.3 Å². The monoisotopic (exact) mass is 252 g/mol. The first-order chi connectivity index (χ1) is 8.92. The topological polar surface area (TPSA) is 18.5 Å². The van der Waals surface area contributed by atoms with Crippen LogP contribution in [0, 0.1) is 0 Å². The molecular weight excluding hydrogens is 223 g/mol. The second-order valence-corrected chi connectivity index (χ2v) is 6.00. The number of hydrogen-bond donors (Lipinski definition) is 0. The molecule has 0 aliphatic carbocycles. The van der Waals surface area contributed by atoms with Crippen LogP contribution in [0.25, 0.3) is 0 Å². The zero-order chi connectivity index (χ0) is 12.6. The molecule has 2 heterocycles. The Labute approximate surface area is 113 Å². The molecule has 2 fully saturated rings. The Kier molecular flexibility index (Phi) is 6.57. The summed E-state index contributed by atoms with van der Waals surface area (Å²) in [4.78, 5) is 0. The van der Waals surface area contributed by atoms with Crippen molar-refractivity contribution in [3.63, 3.8) is 0 Å². The lowest BCUT2D eigenvalue weighted by Crippen LogP contribution is -2.34. The number of hydrogen-bond acceptors (Lipinski definition) is 2. The fourth-order valence-corrected chi connectivity index (χ4v) is 4.07. The van der Waals surface area contributed by atoms with Gasteiger partial charge in [-0.1, -0.05) is 56.5 Å². The van der Waals surface area contributed by atoms with Gasteiger partial charge in [-0.2, -0.15) is 0 Å². The molecule has 3 heteroatoms. The highest BCUT2D eigenvalue weighted by atomic mass is 16.5. The van der Waals surface area contributed by atoms with Gasteiger partial charge in [-0.25, -0.2) is 0 Å². The van der Waals surface area contributed by atoms with Gasteiger partial charge in [0, 0.05) is 13.2 Å². The lowest BCUT2D eigenvalue weighted by Gasteiger charge is -2.40. The van der Waals surface area contributed by atoms with Crippen molar-refractivity contribution >= 4 is 6.71 Å². The van der Waals surface area contributed by atoms with E-state index in [2.05, 4.69) is 0 Å². The molecule has 0 aromatic carbocycles. The van der Waals surface area contributed by atoms with E-state index in [9.17, 15) is 0 Å². The third-order valence-corrected chi connectivity index (χ3v) is 4.91. The molecule has 2 aliphatic rings. The summed E-state index contributed by atoms with van der Waals surface area (Å²) in [5, 5.41) is 0. The van der Waals surface area contributed by atoms with Crippen molar-refractivity contribution in [3.8, 4) is 0 Å². The van der Waals surface area contributed by atoms with Gasteiger partial charge in [0.15, 0.2) is 0 Å². The average molecular weight is 252 g/mol. The van der Waals surface area contributed by atoms with Crippen molar-refractivity contribution < 1.29 is 9.47 Å². The van der Waals surface area contributed by atoms with Gasteiger partial charge >= 0.3 is 0 Å². The number of fused-ring (bicyclic) bond motifs is 2. The van der Waals surface area contributed by atoms with Crippen molar-refractivity contribution in [3.05, 3.63) is 0 Å². The summed E-state index contributed by atoms with van der Waals surface area (Å²) in [5.74, 6) is 2.11. The van der Waals surface area contributed by atoms with E-state index < -0.39 is 0 Å². The SMILES string of the molecule is CCOCCOCCCB1C2CCCC1CCC2. The van der Waals surface area contributed by atoms with Crippen LogP contribution < -0.4 is 0 Å². The van der Waals surface area contributed by atoms with E-state index in [1.807, 2.05) is 6.92 Å². The standard InChI is InChI=1S/C15H29BO2/c1-2-17-12-13-18-11-5-10-16-14-6-3-7-15(16)9-4-8-14/h14-15H,2-13H2,1H3. The van der Waals surface area contributed by atoms with Crippen LogP contribution in [0.15, 0.2) is 0 Å². The van der Waals surface area contributed by atoms with Crippen LogP contribution in [0.5, 0.6) is 0 Å². The molecule has 0 saturated carbocycles. The minimum atomic E-state index is 0.755. The van der Waals surface area contributed by atoms with Crippen LogP contribution in [0.2, 0.25) is 18.0 Å². The van der Waals surface area contributed by atoms with Crippen LogP contribution in [0.4, 0.5) is 0 Å². The predicted molar refractivity (Wildman–Crippen MR) is 77.7 cm³/mol. The maximum absolute atomic E-state index is 5.62. The fourth-order valence-electron chi connectivity index (χ4n) is 4.07. The highest BCUT2D eigenvalue weighted by molar-refractivity contribution is 6.62. The maximum atomic E-state index is 5.62. The molecule has 2 bridgehead atoms. The van der Waals surface area contributed by atoms with E-state index in [0.717, 1.165) is 44.8 Å². The first kappa shape index (κ1) is 14.4. The quantitative estimate of drug-likeness (QED) is 0.479. The molecule has 2 rings (SSSR count). The van der Waals surface area contributed by atoms with Crippen molar-refractivity contribution in [1.82, 2.24) is 0 Å². The summed E-state index contributed by atoms with van der Waals surface area (Å²) in [5.41, 5.74) is 0. The molecule has 0 N–H and O–H groups in total. The molecule has 18 heavy (non-hydrogen) atoms. The third kappa shape index (κ3) is 4.27. The fraction of sp³-hybridized carbons (Fsp3) is 1.00. The Hall–Kier alpha value is -0.0151. The van der Waals surface area contributed by atoms with Gasteiger partial charge < -0.3 is 9.47 Å². The Morgan fingerprint density at radius 3 is 2.11 bits per heavy atom. The first-order valence-electron chi connectivity index (χ1n) is 8.07. The van der Waals surface area contributed by atoms with Crippen LogP contribution >= 0.6 is 0 Å². The normalized spacial score (nSPS) is 27.5. The Balaban J connectivity index is 1.55. The van der Waals surface area contributed by atoms with E-state index in [-0.39, 0.29) is 0 Å². The van der Waals surface area contributed by atoms with Gasteiger partial charge in [0.05, 0.1) is 13.2 Å². The van der Waals surface area contributed by atoms with E-state index in [4.69, 9.17) is 9.47 Å². The van der Waals surface area contributed by atoms with Crippen molar-refractivity contribution in [2.75, 3.05) is 26.4 Å². The number of rotatable bonds is 8. The van der Waals surface area contributed by atoms with Gasteiger partial charge in [0.2, 0.25) is 0 Å². The molecule has 0 atom stereocenters. The first-order valence-corrected chi connectivity index (χ1v) is 8.07. The highest BCUT2D eigenvalue weighted by Gasteiger charge is 2.38. The van der Waals surface area contributed by atoms with Crippen LogP contribution in [-0.4, -0.2) is 33.1 Å². The second-order valence-electron chi connectivity index (χ2n) is 6.00. The Morgan fingerprint density at radius 2 is 1.50 bits per heavy atom. The van der Waals surface area contributed by atoms with Gasteiger partial charge in [0.1, 0.15) is 6.71 Å². The molecule has 2 aliphatic heterocycles. The van der Waals surface area contributed by atoms with Gasteiger partial charge in [-0.15, -0.1) is 0 Å². The summed E-state index contributed by atoms with van der Waals surface area (Å²) < 4.78 is 10.9. The summed E-state index contributed by atoms with van der Waals surface area (Å²) in [6.07, 6.45) is 11.7. The van der Waals surface area contributed by atoms with E-state index >= 15 is 0 Å². The molecule has 0 unspecified atom stereocenters. The Bertz CT molecular complexity index is 201. The molecule has 0 amide bonds. The molecule has 2 nitrogen and oxygen atoms in total. The molecule has 0 aromatic heterocycles. The van der Waals surface area contributed by atoms with Gasteiger partial charge in [-0.05, 0) is 13.3 Å². The molecule has 104 valence electrons. The van der Waals surface area contributed by atoms with Crippen LogP contribution in [0.3, 0.4) is 0 Å². The third-order valence-electron chi connectivity index (χ3n) is 4.91. The lowest BCUT2D eigenvalue weighted by molar-refractivity contribution is 0.0530. The summed E-state index contributed by atoms with van der Waals surface area (Å²) in [6.45, 7) is 6.32. The van der Waals surface area contributed by atoms with Gasteiger partial charge in [-0.3, -0.25) is 0 Å². The second kappa shape index (κ2) is 8.21. The van der Waals surface area contributed by atoms with Crippen LogP contribution in [0.1, 0.15) is 51.9 Å². The van der Waals surface area contributed by atoms with E-state index in [1.54, 1.807) is 0 Å². The largest absolute Gasteiger partial charge is 0.379 e. The molecular formula is C15H29BO2. The smallest absolute Gasteiger partial charge is 0.146 e. The summed E-state index contributed by atoms with van der Waals surface area (Å²) in [6, 6.07) is 0. The summed E-state index contributed by atoms with van der Waals surface area (Å²) in [7, 11) is 0. The van der Waals surface area contributed by atoms with Gasteiger partial charge in [0.25, 0.3) is 0 Å². The zero-order valence-corrected chi connectivity index (χ0v) is 12.0. The average Bonchev–Trinajstić information content (AvgIpc) is 2.37. The predicted octanol–water partition coefficient (Wildman–Crippen LogP) is 4.03. The molecule has 0 radical (unpaired) electrons. The Morgan fingerprint density at radius 1 is 0.889 bits per heavy atom. The van der Waals surface area contributed by atoms with Crippen molar-refractivity contribution in [2.45, 2.75) is 69.8 Å². The maximum Gasteiger partial charge on any atom is 0.146 e. The van der Waals surface area contributed by atoms with Crippen molar-refractivity contribution in [2.24, 2.45) is 0 Å². The minimum absolute atomic E-state index is 0.755.